The van der Waals surface area contributed by atoms with Gasteiger partial charge in [0.15, 0.2) is 0 Å². The Balaban J connectivity index is 1.40. The van der Waals surface area contributed by atoms with Crippen molar-refractivity contribution in [2.24, 2.45) is 0 Å². The molecule has 0 saturated heterocycles. The van der Waals surface area contributed by atoms with Crippen molar-refractivity contribution in [3.05, 3.63) is 114 Å². The summed E-state index contributed by atoms with van der Waals surface area (Å²) in [4.78, 5) is 42.4. The van der Waals surface area contributed by atoms with Crippen molar-refractivity contribution < 1.29 is 23.9 Å². The number of amides is 1. The number of esters is 2. The number of ether oxygens (including phenoxy) is 2. The Morgan fingerprint density at radius 3 is 2.00 bits per heavy atom. The van der Waals surface area contributed by atoms with E-state index in [1.807, 2.05) is 84.9 Å². The number of rotatable bonds is 10. The molecule has 0 radical (unpaired) electrons. The van der Waals surface area contributed by atoms with Crippen LogP contribution in [-0.4, -0.2) is 28.9 Å². The van der Waals surface area contributed by atoms with Crippen molar-refractivity contribution in [1.82, 2.24) is 10.3 Å². The minimum atomic E-state index is -1.04. The zero-order chi connectivity index (χ0) is 25.2. The van der Waals surface area contributed by atoms with Crippen LogP contribution in [0.25, 0.3) is 10.8 Å². The van der Waals surface area contributed by atoms with Gasteiger partial charge in [-0.15, -0.1) is 0 Å². The summed E-state index contributed by atoms with van der Waals surface area (Å²) in [5, 5.41) is 4.43. The van der Waals surface area contributed by atoms with E-state index in [2.05, 4.69) is 10.3 Å². The average molecular weight is 483 g/mol. The van der Waals surface area contributed by atoms with Crippen LogP contribution in [0.3, 0.4) is 0 Å². The molecule has 7 nitrogen and oxygen atoms in total. The fraction of sp³-hybridized carbons (Fsp3) is 0.172. The van der Waals surface area contributed by atoms with Crippen LogP contribution < -0.4 is 5.32 Å². The maximum absolute atomic E-state index is 12.9. The number of nitrogens with zero attached hydrogens (tertiary/aromatic N) is 1. The van der Waals surface area contributed by atoms with Crippen molar-refractivity contribution >= 4 is 28.6 Å². The monoisotopic (exact) mass is 482 g/mol. The van der Waals surface area contributed by atoms with Crippen LogP contribution in [0.15, 0.2) is 97.2 Å². The van der Waals surface area contributed by atoms with Crippen LogP contribution in [0.4, 0.5) is 0 Å². The minimum absolute atomic E-state index is 0.0283. The van der Waals surface area contributed by atoms with Crippen molar-refractivity contribution in [3.8, 4) is 0 Å². The quantitative estimate of drug-likeness (QED) is 0.332. The van der Waals surface area contributed by atoms with Gasteiger partial charge in [-0.1, -0.05) is 84.9 Å². The molecule has 1 heterocycles. The molecule has 3 aromatic carbocycles. The highest BCUT2D eigenvalue weighted by Gasteiger charge is 2.25. The molecule has 0 fully saturated rings. The lowest BCUT2D eigenvalue weighted by molar-refractivity contribution is -0.148. The molecule has 7 heteroatoms. The van der Waals surface area contributed by atoms with E-state index in [4.69, 9.17) is 9.47 Å². The lowest BCUT2D eigenvalue weighted by Gasteiger charge is -2.17. The predicted molar refractivity (Wildman–Crippen MR) is 135 cm³/mol. The second-order valence-corrected chi connectivity index (χ2v) is 8.22. The number of carbonyl (C=O) groups is 3. The van der Waals surface area contributed by atoms with E-state index in [1.54, 1.807) is 12.3 Å². The van der Waals surface area contributed by atoms with E-state index >= 15 is 0 Å². The van der Waals surface area contributed by atoms with Crippen molar-refractivity contribution in [1.29, 1.82) is 0 Å². The summed E-state index contributed by atoms with van der Waals surface area (Å²) in [5.74, 6) is -1.64. The molecule has 0 unspecified atom stereocenters. The number of hydrogen-bond acceptors (Lipinski definition) is 6. The number of fused-ring (bicyclic) bond motifs is 1. The van der Waals surface area contributed by atoms with Gasteiger partial charge in [-0.05, 0) is 29.0 Å². The zero-order valence-electron chi connectivity index (χ0n) is 19.6. The molecule has 0 spiro atoms. The van der Waals surface area contributed by atoms with E-state index in [-0.39, 0.29) is 31.7 Å². The summed E-state index contributed by atoms with van der Waals surface area (Å²) in [6, 6.07) is 26.7. The Hall–Kier alpha value is -4.52. The first-order chi connectivity index (χ1) is 17.6. The SMILES string of the molecule is O=C(CC[C@H](NC(=O)c1cc2ccccc2cn1)C(=O)OCc1ccccc1)OCc1ccccc1. The topological polar surface area (TPSA) is 94.6 Å². The molecule has 0 aliphatic rings. The molecule has 0 aliphatic carbocycles. The maximum atomic E-state index is 12.9. The Bertz CT molecular complexity index is 1330. The molecule has 0 saturated carbocycles. The Morgan fingerprint density at radius 2 is 1.33 bits per heavy atom. The number of nitrogens with one attached hydrogen (secondary N) is 1. The summed E-state index contributed by atoms with van der Waals surface area (Å²) in [7, 11) is 0. The molecule has 182 valence electrons. The van der Waals surface area contributed by atoms with E-state index in [0.29, 0.717) is 0 Å². The number of benzene rings is 3. The van der Waals surface area contributed by atoms with E-state index < -0.39 is 23.9 Å². The lowest BCUT2D eigenvalue weighted by Crippen LogP contribution is -2.42. The van der Waals surface area contributed by atoms with Crippen LogP contribution in [-0.2, 0) is 32.3 Å². The zero-order valence-corrected chi connectivity index (χ0v) is 19.6. The third-order valence-corrected chi connectivity index (χ3v) is 5.56. The second-order valence-electron chi connectivity index (χ2n) is 8.22. The van der Waals surface area contributed by atoms with Gasteiger partial charge in [0.2, 0.25) is 0 Å². The van der Waals surface area contributed by atoms with Gasteiger partial charge in [0, 0.05) is 18.0 Å². The molecule has 0 bridgehead atoms. The Kier molecular flexibility index (Phi) is 8.38. The fourth-order valence-electron chi connectivity index (χ4n) is 3.59. The highest BCUT2D eigenvalue weighted by atomic mass is 16.5. The number of pyridine rings is 1. The normalized spacial score (nSPS) is 11.4. The van der Waals surface area contributed by atoms with Gasteiger partial charge in [0.25, 0.3) is 5.91 Å². The van der Waals surface area contributed by atoms with Gasteiger partial charge in [-0.3, -0.25) is 14.6 Å². The minimum Gasteiger partial charge on any atom is -0.461 e. The molecule has 0 aliphatic heterocycles. The molecule has 1 N–H and O–H groups in total. The van der Waals surface area contributed by atoms with E-state index in [0.717, 1.165) is 21.9 Å². The molecule has 1 aromatic heterocycles. The summed E-state index contributed by atoms with van der Waals surface area (Å²) < 4.78 is 10.7. The van der Waals surface area contributed by atoms with Crippen molar-refractivity contribution in [2.75, 3.05) is 0 Å². The van der Waals surface area contributed by atoms with Crippen LogP contribution in [0, 0.1) is 0 Å². The van der Waals surface area contributed by atoms with Gasteiger partial charge >= 0.3 is 11.9 Å². The first kappa shape index (κ1) is 24.6. The first-order valence-electron chi connectivity index (χ1n) is 11.6. The summed E-state index contributed by atoms with van der Waals surface area (Å²) in [5.41, 5.74) is 1.84. The third kappa shape index (κ3) is 6.99. The van der Waals surface area contributed by atoms with Crippen LogP contribution >= 0.6 is 0 Å². The van der Waals surface area contributed by atoms with Crippen molar-refractivity contribution in [3.63, 3.8) is 0 Å². The van der Waals surface area contributed by atoms with E-state index in [1.165, 1.54) is 0 Å². The maximum Gasteiger partial charge on any atom is 0.328 e. The lowest BCUT2D eigenvalue weighted by atomic mass is 10.1. The number of hydrogen-bond donors (Lipinski definition) is 1. The van der Waals surface area contributed by atoms with Crippen LogP contribution in [0.2, 0.25) is 0 Å². The molecule has 4 rings (SSSR count). The largest absolute Gasteiger partial charge is 0.461 e. The van der Waals surface area contributed by atoms with Gasteiger partial charge in [0.1, 0.15) is 24.9 Å². The third-order valence-electron chi connectivity index (χ3n) is 5.56. The van der Waals surface area contributed by atoms with E-state index in [9.17, 15) is 14.4 Å². The summed E-state index contributed by atoms with van der Waals surface area (Å²) in [6.45, 7) is 0.189. The smallest absolute Gasteiger partial charge is 0.328 e. The van der Waals surface area contributed by atoms with Gasteiger partial charge in [0.05, 0.1) is 0 Å². The fourth-order valence-corrected chi connectivity index (χ4v) is 3.59. The molecule has 1 atom stereocenters. The molecule has 1 amide bonds. The van der Waals surface area contributed by atoms with Gasteiger partial charge in [-0.25, -0.2) is 4.79 Å². The highest BCUT2D eigenvalue weighted by Crippen LogP contribution is 2.14. The van der Waals surface area contributed by atoms with Gasteiger partial charge in [-0.2, -0.15) is 0 Å². The summed E-state index contributed by atoms with van der Waals surface area (Å²) in [6.07, 6.45) is 1.57. The van der Waals surface area contributed by atoms with Crippen LogP contribution in [0.5, 0.6) is 0 Å². The molecular formula is C29H26N2O5. The second kappa shape index (κ2) is 12.3. The number of aromatic nitrogens is 1. The number of carbonyl (C=O) groups excluding carboxylic acids is 3. The molecule has 36 heavy (non-hydrogen) atoms. The van der Waals surface area contributed by atoms with Crippen molar-refractivity contribution in [2.45, 2.75) is 32.1 Å². The Labute approximate surface area is 209 Å². The summed E-state index contributed by atoms with van der Waals surface area (Å²) >= 11 is 0. The predicted octanol–water partition coefficient (Wildman–Crippen LogP) is 4.60. The Morgan fingerprint density at radius 1 is 0.750 bits per heavy atom. The molecular weight excluding hydrogens is 456 g/mol. The average Bonchev–Trinajstić information content (AvgIpc) is 2.93. The highest BCUT2D eigenvalue weighted by molar-refractivity contribution is 5.98. The first-order valence-corrected chi connectivity index (χ1v) is 11.6. The molecule has 4 aromatic rings. The standard InChI is InChI=1S/C29H26N2O5/c32-27(35-19-21-9-3-1-4-10-21)16-15-25(29(34)36-20-22-11-5-2-6-12-22)31-28(33)26-17-23-13-7-8-14-24(23)18-30-26/h1-14,17-18,25H,15-16,19-20H2,(H,31,33)/t25-/m0/s1. The van der Waals surface area contributed by atoms with Gasteiger partial charge < -0.3 is 14.8 Å². The van der Waals surface area contributed by atoms with Crippen LogP contribution in [0.1, 0.15) is 34.5 Å².